The van der Waals surface area contributed by atoms with E-state index in [4.69, 9.17) is 9.47 Å². The van der Waals surface area contributed by atoms with Gasteiger partial charge in [0, 0.05) is 11.1 Å². The van der Waals surface area contributed by atoms with Crippen molar-refractivity contribution in [3.05, 3.63) is 65.2 Å². The number of ether oxygens (including phenoxy) is 2. The summed E-state index contributed by atoms with van der Waals surface area (Å²) in [4.78, 5) is 0. The molecular formula is C16H13IO2. The zero-order valence-corrected chi connectivity index (χ0v) is 12.7. The van der Waals surface area contributed by atoms with E-state index in [1.54, 1.807) is 7.11 Å². The van der Waals surface area contributed by atoms with Crippen molar-refractivity contribution in [1.29, 1.82) is 0 Å². The second kappa shape index (κ2) is 5.25. The molecule has 0 N–H and O–H groups in total. The van der Waals surface area contributed by atoms with E-state index in [1.807, 2.05) is 30.3 Å². The second-order valence-corrected chi connectivity index (χ2v) is 5.40. The molecule has 1 aliphatic heterocycles. The Balaban J connectivity index is 2.09. The van der Waals surface area contributed by atoms with E-state index in [0.29, 0.717) is 6.61 Å². The van der Waals surface area contributed by atoms with E-state index in [9.17, 15) is 0 Å². The lowest BCUT2D eigenvalue weighted by molar-refractivity contribution is 0.261. The molecule has 1 heterocycles. The first-order valence-electron chi connectivity index (χ1n) is 6.05. The van der Waals surface area contributed by atoms with Gasteiger partial charge >= 0.3 is 0 Å². The van der Waals surface area contributed by atoms with Crippen molar-refractivity contribution >= 4 is 31.9 Å². The van der Waals surface area contributed by atoms with Crippen LogP contribution in [0.5, 0.6) is 5.75 Å². The van der Waals surface area contributed by atoms with E-state index in [2.05, 4.69) is 40.8 Å². The van der Waals surface area contributed by atoms with Crippen LogP contribution in [0.2, 0.25) is 0 Å². The number of benzene rings is 2. The molecule has 0 fully saturated rings. The first-order valence-corrected chi connectivity index (χ1v) is 7.13. The molecule has 1 aliphatic rings. The van der Waals surface area contributed by atoms with Crippen LogP contribution >= 0.6 is 22.6 Å². The Morgan fingerprint density at radius 3 is 2.63 bits per heavy atom. The molecule has 0 aromatic heterocycles. The van der Waals surface area contributed by atoms with Gasteiger partial charge < -0.3 is 9.47 Å². The molecule has 3 heteroatoms. The largest absolute Gasteiger partial charge is 0.497 e. The molecule has 0 aliphatic carbocycles. The van der Waals surface area contributed by atoms with Gasteiger partial charge in [-0.2, -0.15) is 0 Å². The van der Waals surface area contributed by atoms with Crippen LogP contribution in [0.1, 0.15) is 16.7 Å². The van der Waals surface area contributed by atoms with E-state index in [1.165, 1.54) is 11.1 Å². The Morgan fingerprint density at radius 1 is 1.11 bits per heavy atom. The van der Waals surface area contributed by atoms with E-state index in [0.717, 1.165) is 20.7 Å². The van der Waals surface area contributed by atoms with Crippen LogP contribution in [-0.4, -0.2) is 7.11 Å². The lowest BCUT2D eigenvalue weighted by Gasteiger charge is -2.22. The molecule has 0 amide bonds. The van der Waals surface area contributed by atoms with Crippen LogP contribution < -0.4 is 4.74 Å². The third kappa shape index (κ3) is 2.34. The van der Waals surface area contributed by atoms with Crippen LogP contribution in [0.3, 0.4) is 0 Å². The van der Waals surface area contributed by atoms with Gasteiger partial charge in [0.05, 0.1) is 10.7 Å². The Kier molecular flexibility index (Phi) is 3.46. The maximum Gasteiger partial charge on any atom is 0.140 e. The average Bonchev–Trinajstić information content (AvgIpc) is 2.48. The number of fused-ring (bicyclic) bond motifs is 1. The highest BCUT2D eigenvalue weighted by Crippen LogP contribution is 2.39. The lowest BCUT2D eigenvalue weighted by atomic mass is 10.0. The predicted octanol–water partition coefficient (Wildman–Crippen LogP) is 4.49. The summed E-state index contributed by atoms with van der Waals surface area (Å²) in [5, 5.41) is 0. The van der Waals surface area contributed by atoms with Crippen LogP contribution in [0.25, 0.3) is 9.34 Å². The fraction of sp³-hybridized carbons (Fsp3) is 0.125. The van der Waals surface area contributed by atoms with Crippen LogP contribution in [-0.2, 0) is 11.3 Å². The SMILES string of the molecule is COc1ccc2c(c1)COC(c1ccccc1)=C2I. The minimum absolute atomic E-state index is 0.587. The fourth-order valence-corrected chi connectivity index (χ4v) is 3.16. The number of methoxy groups -OCH3 is 1. The van der Waals surface area contributed by atoms with Crippen molar-refractivity contribution in [2.45, 2.75) is 6.61 Å². The van der Waals surface area contributed by atoms with Crippen molar-refractivity contribution in [2.75, 3.05) is 7.11 Å². The minimum Gasteiger partial charge on any atom is -0.497 e. The first kappa shape index (κ1) is 12.5. The summed E-state index contributed by atoms with van der Waals surface area (Å²) in [6.45, 7) is 0.587. The van der Waals surface area contributed by atoms with Gasteiger partial charge in [0.1, 0.15) is 18.1 Å². The molecule has 0 saturated carbocycles. The molecule has 0 atom stereocenters. The number of rotatable bonds is 2. The predicted molar refractivity (Wildman–Crippen MR) is 85.1 cm³/mol. The quantitative estimate of drug-likeness (QED) is 0.732. The van der Waals surface area contributed by atoms with E-state index >= 15 is 0 Å². The molecule has 96 valence electrons. The summed E-state index contributed by atoms with van der Waals surface area (Å²) in [6.07, 6.45) is 0. The Labute approximate surface area is 126 Å². The molecule has 2 aromatic rings. The van der Waals surface area contributed by atoms with Crippen molar-refractivity contribution in [3.63, 3.8) is 0 Å². The standard InChI is InChI=1S/C16H13IO2/c1-18-13-7-8-14-12(9-13)10-19-16(15(14)17)11-5-3-2-4-6-11/h2-9H,10H2,1H3. The normalized spacial score (nSPS) is 13.8. The fourth-order valence-electron chi connectivity index (χ4n) is 2.17. The Morgan fingerprint density at radius 2 is 1.89 bits per heavy atom. The van der Waals surface area contributed by atoms with Crippen molar-refractivity contribution in [3.8, 4) is 5.75 Å². The highest BCUT2D eigenvalue weighted by molar-refractivity contribution is 14.1. The Hall–Kier alpha value is -1.49. The summed E-state index contributed by atoms with van der Waals surface area (Å²) >= 11 is 2.35. The number of halogens is 1. The van der Waals surface area contributed by atoms with Gasteiger partial charge in [-0.1, -0.05) is 30.3 Å². The average molecular weight is 364 g/mol. The lowest BCUT2D eigenvalue weighted by Crippen LogP contribution is -2.05. The van der Waals surface area contributed by atoms with Crippen molar-refractivity contribution in [1.82, 2.24) is 0 Å². The smallest absolute Gasteiger partial charge is 0.140 e. The molecule has 0 bridgehead atoms. The molecule has 3 rings (SSSR count). The van der Waals surface area contributed by atoms with Gasteiger partial charge in [-0.15, -0.1) is 0 Å². The highest BCUT2D eigenvalue weighted by Gasteiger charge is 2.20. The summed E-state index contributed by atoms with van der Waals surface area (Å²) in [5.74, 6) is 1.83. The van der Waals surface area contributed by atoms with Crippen LogP contribution in [0, 0.1) is 0 Å². The van der Waals surface area contributed by atoms with Gasteiger partial charge in [0.25, 0.3) is 0 Å². The monoisotopic (exact) mass is 364 g/mol. The van der Waals surface area contributed by atoms with Gasteiger partial charge in [0.2, 0.25) is 0 Å². The van der Waals surface area contributed by atoms with E-state index < -0.39 is 0 Å². The number of hydrogen-bond acceptors (Lipinski definition) is 2. The maximum absolute atomic E-state index is 5.92. The molecule has 0 saturated heterocycles. The number of hydrogen-bond donors (Lipinski definition) is 0. The summed E-state index contributed by atoms with van der Waals surface area (Å²) in [6, 6.07) is 16.3. The van der Waals surface area contributed by atoms with Crippen LogP contribution in [0.4, 0.5) is 0 Å². The zero-order chi connectivity index (χ0) is 13.2. The molecule has 0 spiro atoms. The summed E-state index contributed by atoms with van der Waals surface area (Å²) in [5.41, 5.74) is 3.52. The zero-order valence-electron chi connectivity index (χ0n) is 10.5. The molecule has 2 nitrogen and oxygen atoms in total. The summed E-state index contributed by atoms with van der Waals surface area (Å²) in [7, 11) is 1.68. The van der Waals surface area contributed by atoms with Gasteiger partial charge in [-0.25, -0.2) is 0 Å². The van der Waals surface area contributed by atoms with Crippen molar-refractivity contribution in [2.24, 2.45) is 0 Å². The van der Waals surface area contributed by atoms with E-state index in [-0.39, 0.29) is 0 Å². The van der Waals surface area contributed by atoms with Crippen molar-refractivity contribution < 1.29 is 9.47 Å². The highest BCUT2D eigenvalue weighted by atomic mass is 127. The summed E-state index contributed by atoms with van der Waals surface area (Å²) < 4.78 is 12.3. The Bertz CT molecular complexity index is 632. The van der Waals surface area contributed by atoms with Crippen LogP contribution in [0.15, 0.2) is 48.5 Å². The molecule has 0 unspecified atom stereocenters. The minimum atomic E-state index is 0.587. The third-order valence-electron chi connectivity index (χ3n) is 3.16. The molecule has 2 aromatic carbocycles. The third-order valence-corrected chi connectivity index (χ3v) is 4.23. The first-order chi connectivity index (χ1) is 9.29. The second-order valence-electron chi connectivity index (χ2n) is 4.32. The molecule has 0 radical (unpaired) electrons. The molecular weight excluding hydrogens is 351 g/mol. The maximum atomic E-state index is 5.92. The van der Waals surface area contributed by atoms with Gasteiger partial charge in [0.15, 0.2) is 0 Å². The topological polar surface area (TPSA) is 18.5 Å². The van der Waals surface area contributed by atoms with Gasteiger partial charge in [-0.05, 0) is 46.4 Å². The van der Waals surface area contributed by atoms with Gasteiger partial charge in [-0.3, -0.25) is 0 Å². The molecule has 19 heavy (non-hydrogen) atoms.